The van der Waals surface area contributed by atoms with Gasteiger partial charge in [-0.25, -0.2) is 4.98 Å². The molecule has 3 aromatic rings. The van der Waals surface area contributed by atoms with Crippen molar-refractivity contribution in [2.45, 2.75) is 18.8 Å². The second kappa shape index (κ2) is 5.88. The van der Waals surface area contributed by atoms with Crippen molar-refractivity contribution >= 4 is 16.9 Å². The summed E-state index contributed by atoms with van der Waals surface area (Å²) in [6.45, 7) is 0.681. The highest BCUT2D eigenvalue weighted by Gasteiger charge is 2.32. The highest BCUT2D eigenvalue weighted by atomic mass is 16.1. The van der Waals surface area contributed by atoms with E-state index >= 15 is 0 Å². The quantitative estimate of drug-likeness (QED) is 0.758. The minimum atomic E-state index is -0.0363. The molecule has 1 atom stereocenters. The van der Waals surface area contributed by atoms with Crippen LogP contribution in [0.1, 0.15) is 34.7 Å². The van der Waals surface area contributed by atoms with Crippen LogP contribution in [0.4, 0.5) is 0 Å². The summed E-state index contributed by atoms with van der Waals surface area (Å²) in [4.78, 5) is 19.8. The number of fused-ring (bicyclic) bond motifs is 1. The highest BCUT2D eigenvalue weighted by Crippen LogP contribution is 2.42. The molecule has 0 spiro atoms. The van der Waals surface area contributed by atoms with Gasteiger partial charge in [0.1, 0.15) is 5.65 Å². The maximum Gasteiger partial charge on any atom is 0.253 e. The zero-order chi connectivity index (χ0) is 15.6. The Hall–Kier alpha value is -2.62. The number of H-pyrrole nitrogens is 1. The lowest BCUT2D eigenvalue weighted by atomic mass is 9.94. The topological polar surface area (TPSA) is 57.8 Å². The number of aromatic amines is 1. The first kappa shape index (κ1) is 14.0. The summed E-state index contributed by atoms with van der Waals surface area (Å²) < 4.78 is 0. The Labute approximate surface area is 134 Å². The molecular formula is C19H19N3O. The van der Waals surface area contributed by atoms with E-state index in [0.717, 1.165) is 11.0 Å². The first-order valence-corrected chi connectivity index (χ1v) is 8.08. The predicted molar refractivity (Wildman–Crippen MR) is 90.3 cm³/mol. The predicted octanol–water partition coefficient (Wildman–Crippen LogP) is 3.49. The summed E-state index contributed by atoms with van der Waals surface area (Å²) in [6, 6.07) is 14.3. The molecule has 116 valence electrons. The monoisotopic (exact) mass is 305 g/mol. The number of pyridine rings is 1. The summed E-state index contributed by atoms with van der Waals surface area (Å²) >= 11 is 0. The van der Waals surface area contributed by atoms with Gasteiger partial charge in [-0.2, -0.15) is 0 Å². The Balaban J connectivity index is 1.50. The first-order chi connectivity index (χ1) is 11.3. The van der Waals surface area contributed by atoms with Gasteiger partial charge >= 0.3 is 0 Å². The normalized spacial score (nSPS) is 15.5. The van der Waals surface area contributed by atoms with Crippen LogP contribution in [-0.4, -0.2) is 22.4 Å². The third-order valence-electron chi connectivity index (χ3n) is 4.60. The fourth-order valence-electron chi connectivity index (χ4n) is 3.20. The zero-order valence-corrected chi connectivity index (χ0v) is 12.8. The van der Waals surface area contributed by atoms with Crippen LogP contribution in [0.2, 0.25) is 0 Å². The van der Waals surface area contributed by atoms with Gasteiger partial charge in [0, 0.05) is 30.2 Å². The fraction of sp³-hybridized carbons (Fsp3) is 0.263. The fourth-order valence-corrected chi connectivity index (χ4v) is 3.20. The summed E-state index contributed by atoms with van der Waals surface area (Å²) in [5.74, 6) is 1.07. The summed E-state index contributed by atoms with van der Waals surface area (Å²) in [5, 5.41) is 3.98. The summed E-state index contributed by atoms with van der Waals surface area (Å²) in [7, 11) is 0. The van der Waals surface area contributed by atoms with E-state index in [9.17, 15) is 4.79 Å². The number of amides is 1. The number of rotatable bonds is 5. The largest absolute Gasteiger partial charge is 0.351 e. The standard InChI is InChI=1S/C19H19N3O/c23-19(17-12-21-18-15(17)7-4-10-20-18)22-11-16(14-8-9-14)13-5-2-1-3-6-13/h1-7,10,12,14,16H,8-9,11H2,(H,20,21)(H,22,23). The van der Waals surface area contributed by atoms with E-state index in [-0.39, 0.29) is 5.91 Å². The van der Waals surface area contributed by atoms with Crippen LogP contribution in [0.25, 0.3) is 11.0 Å². The molecule has 4 nitrogen and oxygen atoms in total. The van der Waals surface area contributed by atoms with Crippen LogP contribution in [0.15, 0.2) is 54.9 Å². The third-order valence-corrected chi connectivity index (χ3v) is 4.60. The molecule has 1 aliphatic carbocycles. The van der Waals surface area contributed by atoms with Crippen molar-refractivity contribution in [3.8, 4) is 0 Å². The minimum Gasteiger partial charge on any atom is -0.351 e. The van der Waals surface area contributed by atoms with Crippen LogP contribution >= 0.6 is 0 Å². The summed E-state index contributed by atoms with van der Waals surface area (Å²) in [5.41, 5.74) is 2.73. The van der Waals surface area contributed by atoms with Crippen molar-refractivity contribution in [2.24, 2.45) is 5.92 Å². The van der Waals surface area contributed by atoms with E-state index in [4.69, 9.17) is 0 Å². The molecule has 1 unspecified atom stereocenters. The number of nitrogens with zero attached hydrogens (tertiary/aromatic N) is 1. The number of carbonyl (C=O) groups excluding carboxylic acids is 1. The van der Waals surface area contributed by atoms with Gasteiger partial charge < -0.3 is 10.3 Å². The number of benzene rings is 1. The van der Waals surface area contributed by atoms with Gasteiger partial charge in [-0.15, -0.1) is 0 Å². The lowest BCUT2D eigenvalue weighted by molar-refractivity contribution is 0.0952. The van der Waals surface area contributed by atoms with Crippen molar-refractivity contribution in [1.82, 2.24) is 15.3 Å². The first-order valence-electron chi connectivity index (χ1n) is 8.08. The Morgan fingerprint density at radius 2 is 2.04 bits per heavy atom. The van der Waals surface area contributed by atoms with Gasteiger partial charge in [-0.3, -0.25) is 4.79 Å². The molecule has 2 heterocycles. The zero-order valence-electron chi connectivity index (χ0n) is 12.8. The molecule has 4 heteroatoms. The molecule has 0 saturated heterocycles. The van der Waals surface area contributed by atoms with E-state index in [0.29, 0.717) is 23.9 Å². The molecule has 0 aliphatic heterocycles. The molecular weight excluding hydrogens is 286 g/mol. The van der Waals surface area contributed by atoms with Crippen LogP contribution in [0.3, 0.4) is 0 Å². The van der Waals surface area contributed by atoms with E-state index in [1.54, 1.807) is 12.4 Å². The van der Waals surface area contributed by atoms with Crippen LogP contribution in [-0.2, 0) is 0 Å². The van der Waals surface area contributed by atoms with Crippen LogP contribution < -0.4 is 5.32 Å². The second-order valence-corrected chi connectivity index (χ2v) is 6.17. The van der Waals surface area contributed by atoms with Crippen LogP contribution in [0.5, 0.6) is 0 Å². The van der Waals surface area contributed by atoms with E-state index in [1.807, 2.05) is 18.2 Å². The molecule has 1 fully saturated rings. The molecule has 1 aromatic carbocycles. The number of hydrogen-bond acceptors (Lipinski definition) is 2. The van der Waals surface area contributed by atoms with Crippen LogP contribution in [0, 0.1) is 5.92 Å². The van der Waals surface area contributed by atoms with Crippen molar-refractivity contribution in [2.75, 3.05) is 6.54 Å². The van der Waals surface area contributed by atoms with Crippen molar-refractivity contribution in [1.29, 1.82) is 0 Å². The maximum absolute atomic E-state index is 12.5. The van der Waals surface area contributed by atoms with Gasteiger partial charge in [0.25, 0.3) is 5.91 Å². The summed E-state index contributed by atoms with van der Waals surface area (Å²) in [6.07, 6.45) is 5.97. The average molecular weight is 305 g/mol. The number of aromatic nitrogens is 2. The SMILES string of the molecule is O=C(NCC(c1ccccc1)C1CC1)c1c[nH]c2ncccc12. The van der Waals surface area contributed by atoms with Gasteiger partial charge in [0.05, 0.1) is 5.56 Å². The molecule has 23 heavy (non-hydrogen) atoms. The van der Waals surface area contributed by atoms with E-state index in [2.05, 4.69) is 39.6 Å². The lowest BCUT2D eigenvalue weighted by Gasteiger charge is -2.17. The molecule has 2 N–H and O–H groups in total. The second-order valence-electron chi connectivity index (χ2n) is 6.17. The van der Waals surface area contributed by atoms with E-state index < -0.39 is 0 Å². The maximum atomic E-state index is 12.5. The number of hydrogen-bond donors (Lipinski definition) is 2. The molecule has 4 rings (SSSR count). The van der Waals surface area contributed by atoms with Crippen molar-refractivity contribution in [3.63, 3.8) is 0 Å². The minimum absolute atomic E-state index is 0.0363. The van der Waals surface area contributed by atoms with Gasteiger partial charge in [-0.1, -0.05) is 30.3 Å². The van der Waals surface area contributed by atoms with Gasteiger partial charge in [-0.05, 0) is 36.5 Å². The Morgan fingerprint density at radius 1 is 1.22 bits per heavy atom. The molecule has 1 saturated carbocycles. The average Bonchev–Trinajstić information content (AvgIpc) is 3.34. The Morgan fingerprint density at radius 3 is 2.83 bits per heavy atom. The highest BCUT2D eigenvalue weighted by molar-refractivity contribution is 6.05. The number of nitrogens with one attached hydrogen (secondary N) is 2. The van der Waals surface area contributed by atoms with Crippen molar-refractivity contribution < 1.29 is 4.79 Å². The number of carbonyl (C=O) groups is 1. The smallest absolute Gasteiger partial charge is 0.253 e. The molecule has 1 aliphatic rings. The van der Waals surface area contributed by atoms with Gasteiger partial charge in [0.2, 0.25) is 0 Å². The Bertz CT molecular complexity index is 821. The Kier molecular flexibility index (Phi) is 3.58. The van der Waals surface area contributed by atoms with E-state index in [1.165, 1.54) is 18.4 Å². The lowest BCUT2D eigenvalue weighted by Crippen LogP contribution is -2.29. The molecule has 1 amide bonds. The van der Waals surface area contributed by atoms with Crippen molar-refractivity contribution in [3.05, 3.63) is 66.0 Å². The molecule has 0 radical (unpaired) electrons. The molecule has 2 aromatic heterocycles. The molecule has 0 bridgehead atoms. The van der Waals surface area contributed by atoms with Gasteiger partial charge in [0.15, 0.2) is 0 Å². The third kappa shape index (κ3) is 2.84.